The average Bonchev–Trinajstić information content (AvgIpc) is 2.84. The Hall–Kier alpha value is -0.870. The van der Waals surface area contributed by atoms with Crippen molar-refractivity contribution in [3.8, 4) is 0 Å². The second-order valence-corrected chi connectivity index (χ2v) is 8.01. The van der Waals surface area contributed by atoms with E-state index < -0.39 is 0 Å². The molecule has 1 amide bonds. The van der Waals surface area contributed by atoms with E-state index in [2.05, 4.69) is 19.9 Å². The van der Waals surface area contributed by atoms with E-state index in [1.165, 1.54) is 23.3 Å². The van der Waals surface area contributed by atoms with Gasteiger partial charge in [-0.1, -0.05) is 13.8 Å². The largest absolute Gasteiger partial charge is 0.337 e. The Morgan fingerprint density at radius 2 is 2.15 bits per heavy atom. The summed E-state index contributed by atoms with van der Waals surface area (Å²) in [6.45, 7) is 5.90. The Balaban J connectivity index is 1.77. The maximum Gasteiger partial charge on any atom is 0.263 e. The van der Waals surface area contributed by atoms with E-state index in [-0.39, 0.29) is 17.4 Å². The van der Waals surface area contributed by atoms with Gasteiger partial charge < -0.3 is 10.6 Å². The molecule has 1 aliphatic carbocycles. The van der Waals surface area contributed by atoms with Gasteiger partial charge >= 0.3 is 0 Å². The molecule has 2 heterocycles. The van der Waals surface area contributed by atoms with Gasteiger partial charge in [-0.05, 0) is 49.1 Å². The molecule has 1 saturated heterocycles. The van der Waals surface area contributed by atoms with Crippen LogP contribution >= 0.6 is 11.3 Å². The first-order valence-corrected chi connectivity index (χ1v) is 8.45. The van der Waals surface area contributed by atoms with Crippen molar-refractivity contribution in [2.24, 2.45) is 11.1 Å². The quantitative estimate of drug-likeness (QED) is 0.865. The molecule has 1 atom stereocenters. The Kier molecular flexibility index (Phi) is 3.63. The van der Waals surface area contributed by atoms with Crippen LogP contribution in [0, 0.1) is 5.41 Å². The molecule has 1 aromatic rings. The number of hydrogen-bond donors (Lipinski definition) is 1. The summed E-state index contributed by atoms with van der Waals surface area (Å²) in [7, 11) is 0. The number of thiophene rings is 1. The molecule has 4 heteroatoms. The average molecular weight is 292 g/mol. The third kappa shape index (κ3) is 2.51. The van der Waals surface area contributed by atoms with Crippen LogP contribution in [0.3, 0.4) is 0 Å². The number of hydrogen-bond acceptors (Lipinski definition) is 3. The van der Waals surface area contributed by atoms with Crippen molar-refractivity contribution in [1.82, 2.24) is 4.90 Å². The van der Waals surface area contributed by atoms with Gasteiger partial charge in [0.1, 0.15) is 0 Å². The lowest BCUT2D eigenvalue weighted by Gasteiger charge is -2.42. The van der Waals surface area contributed by atoms with Crippen molar-refractivity contribution in [3.63, 3.8) is 0 Å². The molecule has 20 heavy (non-hydrogen) atoms. The number of rotatable bonds is 1. The van der Waals surface area contributed by atoms with Crippen LogP contribution in [0.1, 0.15) is 53.2 Å². The zero-order valence-corrected chi connectivity index (χ0v) is 13.3. The molecule has 0 aromatic carbocycles. The predicted octanol–water partition coefficient (Wildman–Crippen LogP) is 2.83. The van der Waals surface area contributed by atoms with Crippen LogP contribution in [-0.2, 0) is 12.8 Å². The Morgan fingerprint density at radius 1 is 1.40 bits per heavy atom. The summed E-state index contributed by atoms with van der Waals surface area (Å²) < 4.78 is 0. The van der Waals surface area contributed by atoms with Crippen molar-refractivity contribution in [1.29, 1.82) is 0 Å². The first kappa shape index (κ1) is 14.1. The number of carbonyl (C=O) groups excluding carboxylic acids is 1. The van der Waals surface area contributed by atoms with Crippen LogP contribution in [-0.4, -0.2) is 29.9 Å². The van der Waals surface area contributed by atoms with Crippen LogP contribution in [0.5, 0.6) is 0 Å². The zero-order chi connectivity index (χ0) is 14.3. The molecule has 1 unspecified atom stereocenters. The summed E-state index contributed by atoms with van der Waals surface area (Å²) in [6, 6.07) is 2.34. The monoisotopic (exact) mass is 292 g/mol. The Bertz CT molecular complexity index is 497. The fourth-order valence-electron chi connectivity index (χ4n) is 3.30. The Labute approximate surface area is 125 Å². The van der Waals surface area contributed by atoms with E-state index in [4.69, 9.17) is 5.73 Å². The van der Waals surface area contributed by atoms with E-state index in [1.807, 2.05) is 4.90 Å². The van der Waals surface area contributed by atoms with E-state index >= 15 is 0 Å². The third-order valence-electron chi connectivity index (χ3n) is 4.81. The number of fused-ring (bicyclic) bond motifs is 1. The molecule has 2 N–H and O–H groups in total. The van der Waals surface area contributed by atoms with Crippen molar-refractivity contribution in [3.05, 3.63) is 21.4 Å². The molecule has 0 saturated carbocycles. The van der Waals surface area contributed by atoms with Gasteiger partial charge in [-0.25, -0.2) is 0 Å². The summed E-state index contributed by atoms with van der Waals surface area (Å²) in [5, 5.41) is 0. The smallest absolute Gasteiger partial charge is 0.263 e. The minimum atomic E-state index is 0.0186. The molecule has 3 nitrogen and oxygen atoms in total. The fraction of sp³-hybridized carbons (Fsp3) is 0.688. The summed E-state index contributed by atoms with van der Waals surface area (Å²) in [5.74, 6) is 0.212. The number of piperidine rings is 1. The van der Waals surface area contributed by atoms with Gasteiger partial charge in [-0.15, -0.1) is 11.3 Å². The Morgan fingerprint density at radius 3 is 2.85 bits per heavy atom. The zero-order valence-electron chi connectivity index (χ0n) is 12.4. The highest BCUT2D eigenvalue weighted by Gasteiger charge is 2.36. The molecule has 1 aliphatic heterocycles. The van der Waals surface area contributed by atoms with Crippen molar-refractivity contribution < 1.29 is 4.79 Å². The lowest BCUT2D eigenvalue weighted by molar-refractivity contribution is 0.0537. The van der Waals surface area contributed by atoms with Gasteiger partial charge in [0.25, 0.3) is 5.91 Å². The van der Waals surface area contributed by atoms with Crippen molar-refractivity contribution >= 4 is 17.2 Å². The lowest BCUT2D eigenvalue weighted by atomic mass is 9.79. The SMILES string of the molecule is CC1(C)CN(C(=O)c2cc3c(s2)CCCC3)CCC1N. The minimum absolute atomic E-state index is 0.0186. The van der Waals surface area contributed by atoms with Gasteiger partial charge in [0.05, 0.1) is 4.88 Å². The molecule has 0 bridgehead atoms. The minimum Gasteiger partial charge on any atom is -0.337 e. The highest BCUT2D eigenvalue weighted by molar-refractivity contribution is 7.14. The molecule has 3 rings (SSSR count). The molecule has 110 valence electrons. The molecule has 1 aromatic heterocycles. The summed E-state index contributed by atoms with van der Waals surface area (Å²) >= 11 is 1.72. The number of carbonyl (C=O) groups is 1. The lowest BCUT2D eigenvalue weighted by Crippen LogP contribution is -2.53. The molecule has 0 radical (unpaired) electrons. The van der Waals surface area contributed by atoms with Gasteiger partial charge in [0.15, 0.2) is 0 Å². The van der Waals surface area contributed by atoms with Gasteiger partial charge in [0, 0.05) is 24.0 Å². The maximum absolute atomic E-state index is 12.7. The molecule has 2 aliphatic rings. The number of amides is 1. The molecular formula is C16H24N2OS. The predicted molar refractivity (Wildman–Crippen MR) is 83.2 cm³/mol. The van der Waals surface area contributed by atoms with E-state index in [0.29, 0.717) is 0 Å². The third-order valence-corrected chi connectivity index (χ3v) is 6.03. The van der Waals surface area contributed by atoms with Crippen LogP contribution < -0.4 is 5.73 Å². The topological polar surface area (TPSA) is 46.3 Å². The summed E-state index contributed by atoms with van der Waals surface area (Å²) in [4.78, 5) is 17.1. The number of aryl methyl sites for hydroxylation is 2. The van der Waals surface area contributed by atoms with Crippen LogP contribution in [0.15, 0.2) is 6.07 Å². The van der Waals surface area contributed by atoms with Gasteiger partial charge in [-0.2, -0.15) is 0 Å². The number of likely N-dealkylation sites (tertiary alicyclic amines) is 1. The number of nitrogens with zero attached hydrogens (tertiary/aromatic N) is 1. The van der Waals surface area contributed by atoms with Crippen molar-refractivity contribution in [2.45, 2.75) is 52.0 Å². The molecular weight excluding hydrogens is 268 g/mol. The maximum atomic E-state index is 12.7. The standard InChI is InChI=1S/C16H24N2OS/c1-16(2)10-18(8-7-14(16)17)15(19)13-9-11-5-3-4-6-12(11)20-13/h9,14H,3-8,10,17H2,1-2H3. The highest BCUT2D eigenvalue weighted by Crippen LogP contribution is 2.33. The number of nitrogens with two attached hydrogens (primary N) is 1. The van der Waals surface area contributed by atoms with Crippen LogP contribution in [0.2, 0.25) is 0 Å². The van der Waals surface area contributed by atoms with Crippen LogP contribution in [0.4, 0.5) is 0 Å². The summed E-state index contributed by atoms with van der Waals surface area (Å²) in [6.07, 6.45) is 5.75. The van der Waals surface area contributed by atoms with E-state index in [9.17, 15) is 4.79 Å². The van der Waals surface area contributed by atoms with Crippen molar-refractivity contribution in [2.75, 3.05) is 13.1 Å². The van der Waals surface area contributed by atoms with Gasteiger partial charge in [-0.3, -0.25) is 4.79 Å². The van der Waals surface area contributed by atoms with E-state index in [0.717, 1.165) is 37.2 Å². The second-order valence-electron chi connectivity index (χ2n) is 6.88. The second kappa shape index (κ2) is 5.15. The molecule has 0 spiro atoms. The van der Waals surface area contributed by atoms with Gasteiger partial charge in [0.2, 0.25) is 0 Å². The first-order valence-electron chi connectivity index (χ1n) is 7.64. The molecule has 1 fully saturated rings. The first-order chi connectivity index (χ1) is 9.47. The highest BCUT2D eigenvalue weighted by atomic mass is 32.1. The normalized spacial score (nSPS) is 25.4. The fourth-order valence-corrected chi connectivity index (χ4v) is 4.52. The van der Waals surface area contributed by atoms with E-state index in [1.54, 1.807) is 11.3 Å². The summed E-state index contributed by atoms with van der Waals surface area (Å²) in [5.41, 5.74) is 7.59. The van der Waals surface area contributed by atoms with Crippen LogP contribution in [0.25, 0.3) is 0 Å².